The molecule has 9 heteroatoms. The molecule has 4 aromatic rings. The van der Waals surface area contributed by atoms with E-state index in [0.29, 0.717) is 42.3 Å². The average Bonchev–Trinajstić information content (AvgIpc) is 3.47. The topological polar surface area (TPSA) is 94.0 Å². The lowest BCUT2D eigenvalue weighted by atomic mass is 9.95. The number of Topliss-reactive ketones (excluding diaryl/α,β-unsaturated/α-hetero) is 1. The molecule has 0 fully saturated rings. The molecular weight excluding hydrogens is 433 g/mol. The van der Waals surface area contributed by atoms with Crippen molar-refractivity contribution in [3.8, 4) is 11.4 Å². The van der Waals surface area contributed by atoms with Crippen molar-refractivity contribution in [2.75, 3.05) is 14.1 Å². The number of nitrogens with one attached hydrogen (secondary N) is 1. The Morgan fingerprint density at radius 1 is 1.15 bits per heavy atom. The van der Waals surface area contributed by atoms with Crippen LogP contribution >= 0.6 is 0 Å². The lowest BCUT2D eigenvalue weighted by molar-refractivity contribution is 0.0920. The van der Waals surface area contributed by atoms with Gasteiger partial charge in [-0.05, 0) is 43.9 Å². The summed E-state index contributed by atoms with van der Waals surface area (Å²) in [5.74, 6) is 0.129. The first-order valence-corrected chi connectivity index (χ1v) is 11.1. The fourth-order valence-corrected chi connectivity index (χ4v) is 4.35. The monoisotopic (exact) mass is 459 g/mol. The second kappa shape index (κ2) is 8.94. The Bertz CT molecular complexity index is 1360. The van der Waals surface area contributed by atoms with E-state index in [1.54, 1.807) is 29.4 Å². The van der Waals surface area contributed by atoms with Gasteiger partial charge >= 0.3 is 0 Å². The van der Waals surface area contributed by atoms with Crippen LogP contribution in [0.25, 0.3) is 11.4 Å². The fraction of sp³-hybridized carbons (Fsp3) is 0.240. The molecule has 5 rings (SSSR count). The molecular formula is C25H26FN7O. The maximum atomic E-state index is 15.3. The molecule has 1 atom stereocenters. The standard InChI is InChI=1S/C25H26FN7O/c1-31(2)14-22-28-8-9-32(22)18-6-7-19(20(26)11-18)23-25(34)24-21(13-29-23)30-15-33(24)17-5-3-4-16(10-17)12-27/h3-11,15,23,29H,12-14,27H2,1-2H3. The third-order valence-electron chi connectivity index (χ3n) is 5.99. The Kier molecular flexibility index (Phi) is 5.82. The normalized spacial score (nSPS) is 15.7. The summed E-state index contributed by atoms with van der Waals surface area (Å²) in [4.78, 5) is 24.3. The molecule has 1 aliphatic rings. The molecule has 34 heavy (non-hydrogen) atoms. The third-order valence-corrected chi connectivity index (χ3v) is 5.99. The Balaban J connectivity index is 1.48. The molecule has 0 radical (unpaired) electrons. The summed E-state index contributed by atoms with van der Waals surface area (Å²) in [7, 11) is 3.91. The molecule has 1 unspecified atom stereocenters. The van der Waals surface area contributed by atoms with Gasteiger partial charge in [-0.25, -0.2) is 14.4 Å². The van der Waals surface area contributed by atoms with Crippen LogP contribution in [0.15, 0.2) is 61.2 Å². The molecule has 1 aliphatic heterocycles. The van der Waals surface area contributed by atoms with Gasteiger partial charge < -0.3 is 15.2 Å². The molecule has 3 N–H and O–H groups in total. The molecule has 0 spiro atoms. The van der Waals surface area contributed by atoms with Crippen LogP contribution in [-0.4, -0.2) is 43.9 Å². The van der Waals surface area contributed by atoms with Crippen LogP contribution in [0.5, 0.6) is 0 Å². The summed E-state index contributed by atoms with van der Waals surface area (Å²) in [6.45, 7) is 1.38. The van der Waals surface area contributed by atoms with E-state index in [2.05, 4.69) is 15.3 Å². The smallest absolute Gasteiger partial charge is 0.203 e. The minimum atomic E-state index is -0.807. The van der Waals surface area contributed by atoms with E-state index in [4.69, 9.17) is 5.73 Å². The summed E-state index contributed by atoms with van der Waals surface area (Å²) in [6, 6.07) is 11.8. The Labute approximate surface area is 196 Å². The molecule has 0 saturated heterocycles. The SMILES string of the molecule is CN(C)Cc1nccn1-c1ccc(C2NCc3ncn(-c4cccc(CN)c4)c3C2=O)c(F)c1. The van der Waals surface area contributed by atoms with Gasteiger partial charge in [-0.2, -0.15) is 0 Å². The Hall–Kier alpha value is -3.66. The van der Waals surface area contributed by atoms with Crippen LogP contribution in [0.4, 0.5) is 4.39 Å². The molecule has 2 aromatic heterocycles. The number of hydrogen-bond acceptors (Lipinski definition) is 6. The highest BCUT2D eigenvalue weighted by molar-refractivity contribution is 6.01. The molecule has 2 aromatic carbocycles. The van der Waals surface area contributed by atoms with E-state index in [1.807, 2.05) is 53.9 Å². The van der Waals surface area contributed by atoms with E-state index < -0.39 is 11.9 Å². The Morgan fingerprint density at radius 2 is 1.97 bits per heavy atom. The number of imidazole rings is 2. The summed E-state index contributed by atoms with van der Waals surface area (Å²) in [5, 5.41) is 3.15. The lowest BCUT2D eigenvalue weighted by Gasteiger charge is -2.24. The predicted octanol–water partition coefficient (Wildman–Crippen LogP) is 2.74. The third kappa shape index (κ3) is 3.94. The number of benzene rings is 2. The predicted molar refractivity (Wildman–Crippen MR) is 126 cm³/mol. The summed E-state index contributed by atoms with van der Waals surface area (Å²) >= 11 is 0. The number of nitrogens with zero attached hydrogens (tertiary/aromatic N) is 5. The molecule has 0 aliphatic carbocycles. The first-order valence-electron chi connectivity index (χ1n) is 11.1. The van der Waals surface area contributed by atoms with Crippen LogP contribution < -0.4 is 11.1 Å². The maximum absolute atomic E-state index is 15.3. The summed E-state index contributed by atoms with van der Waals surface area (Å²) < 4.78 is 19.0. The number of carbonyl (C=O) groups excluding carboxylic acids is 1. The van der Waals surface area contributed by atoms with Crippen LogP contribution in [0.3, 0.4) is 0 Å². The number of carbonyl (C=O) groups is 1. The fourth-order valence-electron chi connectivity index (χ4n) is 4.35. The van der Waals surface area contributed by atoms with Gasteiger partial charge in [0.2, 0.25) is 5.78 Å². The van der Waals surface area contributed by atoms with Crippen molar-refractivity contribution in [2.24, 2.45) is 5.73 Å². The van der Waals surface area contributed by atoms with Crippen molar-refractivity contribution in [1.82, 2.24) is 29.3 Å². The first-order chi connectivity index (χ1) is 16.5. The number of hydrogen-bond donors (Lipinski definition) is 2. The van der Waals surface area contributed by atoms with E-state index in [-0.39, 0.29) is 5.78 Å². The number of ketones is 1. The van der Waals surface area contributed by atoms with E-state index >= 15 is 4.39 Å². The van der Waals surface area contributed by atoms with Gasteiger partial charge in [-0.1, -0.05) is 18.2 Å². The van der Waals surface area contributed by atoms with Crippen molar-refractivity contribution < 1.29 is 9.18 Å². The summed E-state index contributed by atoms with van der Waals surface area (Å²) in [6.07, 6.45) is 5.13. The van der Waals surface area contributed by atoms with Crippen LogP contribution in [0.1, 0.15) is 39.2 Å². The number of aromatic nitrogens is 4. The summed E-state index contributed by atoms with van der Waals surface area (Å²) in [5.41, 5.74) is 9.60. The zero-order valence-corrected chi connectivity index (χ0v) is 19.1. The largest absolute Gasteiger partial charge is 0.326 e. The van der Waals surface area contributed by atoms with Crippen molar-refractivity contribution in [3.05, 3.63) is 95.3 Å². The highest BCUT2D eigenvalue weighted by Crippen LogP contribution is 2.30. The van der Waals surface area contributed by atoms with Crippen LogP contribution in [-0.2, 0) is 19.6 Å². The average molecular weight is 460 g/mol. The van der Waals surface area contributed by atoms with Gasteiger partial charge in [0.15, 0.2) is 0 Å². The molecule has 0 amide bonds. The molecule has 0 saturated carbocycles. The minimum Gasteiger partial charge on any atom is -0.326 e. The number of halogens is 1. The highest BCUT2D eigenvalue weighted by atomic mass is 19.1. The zero-order valence-electron chi connectivity index (χ0n) is 19.1. The van der Waals surface area contributed by atoms with Crippen molar-refractivity contribution >= 4 is 5.78 Å². The van der Waals surface area contributed by atoms with Crippen molar-refractivity contribution in [3.63, 3.8) is 0 Å². The lowest BCUT2D eigenvalue weighted by Crippen LogP contribution is -2.36. The van der Waals surface area contributed by atoms with Gasteiger partial charge in [-0.15, -0.1) is 0 Å². The second-order valence-corrected chi connectivity index (χ2v) is 8.62. The van der Waals surface area contributed by atoms with Crippen LogP contribution in [0, 0.1) is 5.82 Å². The quantitative estimate of drug-likeness (QED) is 0.461. The van der Waals surface area contributed by atoms with E-state index in [0.717, 1.165) is 17.1 Å². The van der Waals surface area contributed by atoms with Gasteiger partial charge in [0.1, 0.15) is 29.7 Å². The molecule has 3 heterocycles. The van der Waals surface area contributed by atoms with Crippen molar-refractivity contribution in [1.29, 1.82) is 0 Å². The van der Waals surface area contributed by atoms with Crippen molar-refractivity contribution in [2.45, 2.75) is 25.7 Å². The molecule has 0 bridgehead atoms. The van der Waals surface area contributed by atoms with Crippen LogP contribution in [0.2, 0.25) is 0 Å². The second-order valence-electron chi connectivity index (χ2n) is 8.62. The van der Waals surface area contributed by atoms with Gasteiger partial charge in [-0.3, -0.25) is 14.7 Å². The number of rotatable bonds is 6. The van der Waals surface area contributed by atoms with Gasteiger partial charge in [0, 0.05) is 42.4 Å². The van der Waals surface area contributed by atoms with Gasteiger partial charge in [0.05, 0.1) is 12.2 Å². The maximum Gasteiger partial charge on any atom is 0.203 e. The van der Waals surface area contributed by atoms with E-state index in [1.165, 1.54) is 6.07 Å². The molecule has 8 nitrogen and oxygen atoms in total. The minimum absolute atomic E-state index is 0.223. The highest BCUT2D eigenvalue weighted by Gasteiger charge is 2.34. The number of fused-ring (bicyclic) bond motifs is 1. The Morgan fingerprint density at radius 3 is 2.74 bits per heavy atom. The zero-order chi connectivity index (χ0) is 23.8. The molecule has 174 valence electrons. The number of nitrogens with two attached hydrogens (primary N) is 1. The van der Waals surface area contributed by atoms with Gasteiger partial charge in [0.25, 0.3) is 0 Å². The first kappa shape index (κ1) is 22.1. The van der Waals surface area contributed by atoms with E-state index in [9.17, 15) is 4.79 Å².